The number of para-hydroxylation sites is 1. The van der Waals surface area contributed by atoms with Gasteiger partial charge in [-0.3, -0.25) is 4.79 Å². The Morgan fingerprint density at radius 2 is 1.40 bits per heavy atom. The number of carbonyl (C=O) groups excluding carboxylic acids is 1. The van der Waals surface area contributed by atoms with Crippen LogP contribution >= 0.6 is 0 Å². The highest BCUT2D eigenvalue weighted by molar-refractivity contribution is 6.05. The van der Waals surface area contributed by atoms with Gasteiger partial charge < -0.3 is 0 Å². The van der Waals surface area contributed by atoms with Crippen LogP contribution in [0.25, 0.3) is 0 Å². The average molecular weight is 266 g/mol. The van der Waals surface area contributed by atoms with Gasteiger partial charge in [-0.05, 0) is 37.1 Å². The number of hydrogen-bond donors (Lipinski definition) is 0. The Bertz CT molecular complexity index is 562. The summed E-state index contributed by atoms with van der Waals surface area (Å²) < 4.78 is 0. The third-order valence-electron chi connectivity index (χ3n) is 3.58. The van der Waals surface area contributed by atoms with Crippen LogP contribution in [0.2, 0.25) is 0 Å². The molecule has 0 atom stereocenters. The van der Waals surface area contributed by atoms with Gasteiger partial charge in [0, 0.05) is 18.7 Å². The topological polar surface area (TPSA) is 23.6 Å². The highest BCUT2D eigenvalue weighted by Gasteiger charge is 2.26. The van der Waals surface area contributed by atoms with Crippen LogP contribution in [0.4, 0.5) is 5.69 Å². The first-order valence-electron chi connectivity index (χ1n) is 7.06. The molecule has 2 aromatic rings. The molecule has 3 nitrogen and oxygen atoms in total. The quantitative estimate of drug-likeness (QED) is 0.850. The van der Waals surface area contributed by atoms with Crippen LogP contribution in [0, 0.1) is 0 Å². The third-order valence-corrected chi connectivity index (χ3v) is 3.58. The summed E-state index contributed by atoms with van der Waals surface area (Å²) in [5, 5.41) is 3.97. The van der Waals surface area contributed by atoms with E-state index in [9.17, 15) is 4.79 Å². The van der Waals surface area contributed by atoms with Gasteiger partial charge in [-0.2, -0.15) is 0 Å². The number of anilines is 1. The van der Waals surface area contributed by atoms with Crippen LogP contribution in [-0.4, -0.2) is 24.0 Å². The SMILES string of the molecule is O=C(c1ccccc1)N(c1ccccc1)N1CCCC1. The van der Waals surface area contributed by atoms with Crippen molar-refractivity contribution >= 4 is 11.6 Å². The second-order valence-corrected chi connectivity index (χ2v) is 4.98. The molecule has 1 amide bonds. The van der Waals surface area contributed by atoms with Crippen molar-refractivity contribution in [2.24, 2.45) is 0 Å². The van der Waals surface area contributed by atoms with Crippen LogP contribution < -0.4 is 5.01 Å². The lowest BCUT2D eigenvalue weighted by molar-refractivity contribution is 0.0913. The number of carbonyl (C=O) groups is 1. The molecule has 0 saturated carbocycles. The molecule has 20 heavy (non-hydrogen) atoms. The summed E-state index contributed by atoms with van der Waals surface area (Å²) in [4.78, 5) is 12.8. The molecule has 3 rings (SSSR count). The first-order valence-corrected chi connectivity index (χ1v) is 7.06. The van der Waals surface area contributed by atoms with Crippen LogP contribution in [0.15, 0.2) is 60.7 Å². The first-order chi connectivity index (χ1) is 9.86. The Morgan fingerprint density at radius 1 is 0.850 bits per heavy atom. The summed E-state index contributed by atoms with van der Waals surface area (Å²) in [6.07, 6.45) is 2.29. The molecule has 102 valence electrons. The zero-order valence-electron chi connectivity index (χ0n) is 11.4. The fraction of sp³-hybridized carbons (Fsp3) is 0.235. The molecule has 0 bridgehead atoms. The lowest BCUT2D eigenvalue weighted by Crippen LogP contribution is -2.45. The molecule has 0 unspecified atom stereocenters. The largest absolute Gasteiger partial charge is 0.272 e. The van der Waals surface area contributed by atoms with Crippen LogP contribution in [-0.2, 0) is 0 Å². The van der Waals surface area contributed by atoms with Crippen molar-refractivity contribution in [2.75, 3.05) is 18.1 Å². The van der Waals surface area contributed by atoms with Gasteiger partial charge >= 0.3 is 0 Å². The summed E-state index contributed by atoms with van der Waals surface area (Å²) in [7, 11) is 0. The molecule has 0 aliphatic carbocycles. The van der Waals surface area contributed by atoms with E-state index in [-0.39, 0.29) is 5.91 Å². The maximum atomic E-state index is 12.8. The molecule has 0 radical (unpaired) electrons. The van der Waals surface area contributed by atoms with Gasteiger partial charge in [-0.1, -0.05) is 36.4 Å². The maximum Gasteiger partial charge on any atom is 0.272 e. The molecule has 1 saturated heterocycles. The van der Waals surface area contributed by atoms with Crippen molar-refractivity contribution in [1.82, 2.24) is 5.01 Å². The van der Waals surface area contributed by atoms with Gasteiger partial charge in [0.25, 0.3) is 5.91 Å². The molecule has 1 fully saturated rings. The Kier molecular flexibility index (Phi) is 3.79. The van der Waals surface area contributed by atoms with Crippen LogP contribution in [0.5, 0.6) is 0 Å². The fourth-order valence-corrected chi connectivity index (χ4v) is 2.58. The van der Waals surface area contributed by atoms with Crippen molar-refractivity contribution in [2.45, 2.75) is 12.8 Å². The molecule has 1 aliphatic rings. The predicted octanol–water partition coefficient (Wildman–Crippen LogP) is 3.34. The predicted molar refractivity (Wildman–Crippen MR) is 80.5 cm³/mol. The second-order valence-electron chi connectivity index (χ2n) is 4.98. The molecule has 0 N–H and O–H groups in total. The van der Waals surface area contributed by atoms with Gasteiger partial charge in [0.2, 0.25) is 0 Å². The Morgan fingerprint density at radius 3 is 2.00 bits per heavy atom. The summed E-state index contributed by atoms with van der Waals surface area (Å²) in [6.45, 7) is 1.88. The zero-order chi connectivity index (χ0) is 13.8. The summed E-state index contributed by atoms with van der Waals surface area (Å²) >= 11 is 0. The van der Waals surface area contributed by atoms with E-state index in [2.05, 4.69) is 5.01 Å². The molecule has 1 heterocycles. The number of hydrazine groups is 1. The number of hydrogen-bond acceptors (Lipinski definition) is 2. The Balaban J connectivity index is 1.95. The number of amides is 1. The molecule has 3 heteroatoms. The van der Waals surface area contributed by atoms with Crippen molar-refractivity contribution in [3.63, 3.8) is 0 Å². The monoisotopic (exact) mass is 266 g/mol. The number of rotatable bonds is 3. The minimum absolute atomic E-state index is 0.0405. The maximum absolute atomic E-state index is 12.8. The third kappa shape index (κ3) is 2.58. The Hall–Kier alpha value is -2.13. The number of benzene rings is 2. The molecule has 1 aliphatic heterocycles. The Labute approximate surface area is 119 Å². The molecular formula is C17H18N2O. The van der Waals surface area contributed by atoms with Crippen molar-refractivity contribution < 1.29 is 4.79 Å². The van der Waals surface area contributed by atoms with E-state index in [0.29, 0.717) is 0 Å². The van der Waals surface area contributed by atoms with E-state index >= 15 is 0 Å². The molecule has 0 aromatic heterocycles. The highest BCUT2D eigenvalue weighted by atomic mass is 16.2. The summed E-state index contributed by atoms with van der Waals surface area (Å²) in [5.41, 5.74) is 1.66. The molecule has 0 spiro atoms. The first kappa shape index (κ1) is 12.9. The van der Waals surface area contributed by atoms with Crippen LogP contribution in [0.1, 0.15) is 23.2 Å². The van der Waals surface area contributed by atoms with E-state index in [1.54, 1.807) is 0 Å². The van der Waals surface area contributed by atoms with Crippen molar-refractivity contribution in [3.8, 4) is 0 Å². The van der Waals surface area contributed by atoms with Gasteiger partial charge in [0.1, 0.15) is 0 Å². The van der Waals surface area contributed by atoms with Gasteiger partial charge in [0.05, 0.1) is 5.69 Å². The van der Waals surface area contributed by atoms with E-state index in [0.717, 1.165) is 37.2 Å². The molecular weight excluding hydrogens is 248 g/mol. The minimum Gasteiger partial charge on any atom is -0.267 e. The van der Waals surface area contributed by atoms with Gasteiger partial charge in [-0.25, -0.2) is 10.0 Å². The van der Waals surface area contributed by atoms with E-state index in [4.69, 9.17) is 0 Å². The normalized spacial score (nSPS) is 15.2. The minimum atomic E-state index is 0.0405. The molecule has 2 aromatic carbocycles. The lowest BCUT2D eigenvalue weighted by Gasteiger charge is -2.31. The summed E-state index contributed by atoms with van der Waals surface area (Å²) in [5.74, 6) is 0.0405. The van der Waals surface area contributed by atoms with Crippen LogP contribution in [0.3, 0.4) is 0 Å². The standard InChI is InChI=1S/C17H18N2O/c20-17(15-9-3-1-4-10-15)19(18-13-7-8-14-18)16-11-5-2-6-12-16/h1-6,9-12H,7-8,13-14H2. The van der Waals surface area contributed by atoms with Crippen molar-refractivity contribution in [3.05, 3.63) is 66.2 Å². The highest BCUT2D eigenvalue weighted by Crippen LogP contribution is 2.22. The lowest BCUT2D eigenvalue weighted by atomic mass is 10.2. The van der Waals surface area contributed by atoms with E-state index < -0.39 is 0 Å². The van der Waals surface area contributed by atoms with E-state index in [1.165, 1.54) is 0 Å². The van der Waals surface area contributed by atoms with Gasteiger partial charge in [0.15, 0.2) is 0 Å². The van der Waals surface area contributed by atoms with Gasteiger partial charge in [-0.15, -0.1) is 0 Å². The zero-order valence-corrected chi connectivity index (χ0v) is 11.4. The average Bonchev–Trinajstić information content (AvgIpc) is 3.03. The van der Waals surface area contributed by atoms with Crippen molar-refractivity contribution in [1.29, 1.82) is 0 Å². The smallest absolute Gasteiger partial charge is 0.267 e. The summed E-state index contributed by atoms with van der Waals surface area (Å²) in [6, 6.07) is 19.4. The number of nitrogens with zero attached hydrogens (tertiary/aromatic N) is 2. The van der Waals surface area contributed by atoms with E-state index in [1.807, 2.05) is 65.7 Å². The fourth-order valence-electron chi connectivity index (χ4n) is 2.58. The second kappa shape index (κ2) is 5.88.